The van der Waals surface area contributed by atoms with Gasteiger partial charge in [-0.15, -0.1) is 0 Å². The summed E-state index contributed by atoms with van der Waals surface area (Å²) in [6, 6.07) is 16.9. The zero-order chi connectivity index (χ0) is 14.4. The summed E-state index contributed by atoms with van der Waals surface area (Å²) in [6.07, 6.45) is 0. The van der Waals surface area contributed by atoms with E-state index in [0.29, 0.717) is 5.56 Å². The minimum Gasteiger partial charge on any atom is -0.339 e. The van der Waals surface area contributed by atoms with Gasteiger partial charge in [-0.1, -0.05) is 48.2 Å². The van der Waals surface area contributed by atoms with Gasteiger partial charge < -0.3 is 5.32 Å². The summed E-state index contributed by atoms with van der Waals surface area (Å²) >= 11 is 0. The van der Waals surface area contributed by atoms with Crippen molar-refractivity contribution in [3.05, 3.63) is 71.3 Å². The molecule has 0 spiro atoms. The van der Waals surface area contributed by atoms with Crippen LogP contribution in [0.25, 0.3) is 0 Å². The molecule has 0 aliphatic rings. The average Bonchev–Trinajstić information content (AvgIpc) is 2.47. The molecule has 0 heterocycles. The Balaban J connectivity index is 2.02. The number of hydrogen-bond donors (Lipinski definition) is 1. The first-order valence-corrected chi connectivity index (χ1v) is 6.60. The number of nitrogens with one attached hydrogen (secondary N) is 1. The van der Waals surface area contributed by atoms with Crippen molar-refractivity contribution in [2.75, 3.05) is 0 Å². The van der Waals surface area contributed by atoms with Crippen molar-refractivity contribution in [3.8, 4) is 11.8 Å². The molecule has 1 N–H and O–H groups in total. The van der Waals surface area contributed by atoms with Crippen molar-refractivity contribution in [2.24, 2.45) is 0 Å². The van der Waals surface area contributed by atoms with Gasteiger partial charge in [-0.2, -0.15) is 0 Å². The Labute approximate surface area is 119 Å². The van der Waals surface area contributed by atoms with Crippen molar-refractivity contribution in [3.63, 3.8) is 0 Å². The second-order valence-corrected chi connectivity index (χ2v) is 4.65. The molecule has 1 amide bonds. The third-order valence-corrected chi connectivity index (χ3v) is 2.95. The second kappa shape index (κ2) is 6.58. The molecule has 0 unspecified atom stereocenters. The Hall–Kier alpha value is -2.53. The Kier molecular flexibility index (Phi) is 4.57. The van der Waals surface area contributed by atoms with Crippen LogP contribution in [0.1, 0.15) is 28.4 Å². The van der Waals surface area contributed by atoms with E-state index in [1.54, 1.807) is 12.1 Å². The van der Waals surface area contributed by atoms with Crippen molar-refractivity contribution in [1.29, 1.82) is 0 Å². The highest BCUT2D eigenvalue weighted by Crippen LogP contribution is 2.04. The van der Waals surface area contributed by atoms with Crippen molar-refractivity contribution >= 4 is 5.91 Å². The molecule has 1 atom stereocenters. The Morgan fingerprint density at radius 3 is 2.40 bits per heavy atom. The lowest BCUT2D eigenvalue weighted by Crippen LogP contribution is -2.31. The van der Waals surface area contributed by atoms with Gasteiger partial charge in [0.25, 0.3) is 5.91 Å². The molecule has 0 fully saturated rings. The van der Waals surface area contributed by atoms with E-state index in [2.05, 4.69) is 17.2 Å². The first-order chi connectivity index (χ1) is 9.66. The summed E-state index contributed by atoms with van der Waals surface area (Å²) < 4.78 is 0. The van der Waals surface area contributed by atoms with Gasteiger partial charge in [0.05, 0.1) is 6.04 Å². The fraction of sp³-hybridized carbons (Fsp3) is 0.167. The first-order valence-electron chi connectivity index (χ1n) is 6.60. The monoisotopic (exact) mass is 263 g/mol. The topological polar surface area (TPSA) is 29.1 Å². The standard InChI is InChI=1S/C18H17NO/c1-14-8-6-7-9-16(14)13-12-15(2)19-18(20)17-10-4-3-5-11-17/h3-11,15H,1-2H3,(H,19,20)/t15-/m1/s1. The largest absolute Gasteiger partial charge is 0.339 e. The summed E-state index contributed by atoms with van der Waals surface area (Å²) in [6.45, 7) is 3.91. The Morgan fingerprint density at radius 1 is 1.05 bits per heavy atom. The quantitative estimate of drug-likeness (QED) is 0.828. The fourth-order valence-electron chi connectivity index (χ4n) is 1.80. The molecule has 0 radical (unpaired) electrons. The van der Waals surface area contributed by atoms with Gasteiger partial charge >= 0.3 is 0 Å². The fourth-order valence-corrected chi connectivity index (χ4v) is 1.80. The van der Waals surface area contributed by atoms with Crippen LogP contribution in [0.15, 0.2) is 54.6 Å². The molecule has 100 valence electrons. The molecule has 0 aliphatic carbocycles. The lowest BCUT2D eigenvalue weighted by atomic mass is 10.1. The molecule has 0 saturated heterocycles. The number of rotatable bonds is 2. The molecule has 2 rings (SSSR count). The molecule has 2 aromatic rings. The van der Waals surface area contributed by atoms with Gasteiger partial charge in [-0.25, -0.2) is 0 Å². The number of hydrogen-bond acceptors (Lipinski definition) is 1. The van der Waals surface area contributed by atoms with Gasteiger partial charge in [0, 0.05) is 11.1 Å². The molecular formula is C18H17NO. The van der Waals surface area contributed by atoms with Crippen LogP contribution in [0.5, 0.6) is 0 Å². The molecule has 0 saturated carbocycles. The number of aryl methyl sites for hydroxylation is 1. The molecule has 0 aliphatic heterocycles. The summed E-state index contributed by atoms with van der Waals surface area (Å²) in [4.78, 5) is 12.0. The smallest absolute Gasteiger partial charge is 0.252 e. The predicted octanol–water partition coefficient (Wildman–Crippen LogP) is 3.17. The normalized spacial score (nSPS) is 11.1. The summed E-state index contributed by atoms with van der Waals surface area (Å²) in [5.41, 5.74) is 2.78. The number of benzene rings is 2. The number of amides is 1. The third kappa shape index (κ3) is 3.73. The Morgan fingerprint density at radius 2 is 1.70 bits per heavy atom. The summed E-state index contributed by atoms with van der Waals surface area (Å²) in [5, 5.41) is 2.87. The highest BCUT2D eigenvalue weighted by Gasteiger charge is 2.06. The van der Waals surface area contributed by atoms with Crippen LogP contribution in [-0.2, 0) is 0 Å². The molecule has 0 aromatic heterocycles. The van der Waals surface area contributed by atoms with E-state index in [-0.39, 0.29) is 11.9 Å². The lowest BCUT2D eigenvalue weighted by Gasteiger charge is -2.07. The van der Waals surface area contributed by atoms with Gasteiger partial charge in [0.2, 0.25) is 0 Å². The minimum atomic E-state index is -0.192. The van der Waals surface area contributed by atoms with E-state index in [1.807, 2.05) is 56.3 Å². The van der Waals surface area contributed by atoms with Gasteiger partial charge in [-0.3, -0.25) is 4.79 Å². The summed E-state index contributed by atoms with van der Waals surface area (Å²) in [7, 11) is 0. The maximum Gasteiger partial charge on any atom is 0.252 e. The molecule has 2 nitrogen and oxygen atoms in total. The predicted molar refractivity (Wildman–Crippen MR) is 81.4 cm³/mol. The van der Waals surface area contributed by atoms with Crippen LogP contribution in [-0.4, -0.2) is 11.9 Å². The minimum absolute atomic E-state index is 0.0998. The third-order valence-electron chi connectivity index (χ3n) is 2.95. The van der Waals surface area contributed by atoms with E-state index in [9.17, 15) is 4.79 Å². The van der Waals surface area contributed by atoms with Crippen LogP contribution in [0.3, 0.4) is 0 Å². The van der Waals surface area contributed by atoms with Crippen LogP contribution >= 0.6 is 0 Å². The maximum atomic E-state index is 12.0. The average molecular weight is 263 g/mol. The molecule has 0 bridgehead atoms. The van der Waals surface area contributed by atoms with Crippen LogP contribution in [0.4, 0.5) is 0 Å². The molecule has 2 heteroatoms. The van der Waals surface area contributed by atoms with Crippen molar-refractivity contribution in [1.82, 2.24) is 5.32 Å². The van der Waals surface area contributed by atoms with Crippen LogP contribution in [0.2, 0.25) is 0 Å². The van der Waals surface area contributed by atoms with Gasteiger partial charge in [0.15, 0.2) is 0 Å². The van der Waals surface area contributed by atoms with E-state index in [4.69, 9.17) is 0 Å². The summed E-state index contributed by atoms with van der Waals surface area (Å²) in [5.74, 6) is 6.06. The molecule has 2 aromatic carbocycles. The van der Waals surface area contributed by atoms with E-state index >= 15 is 0 Å². The van der Waals surface area contributed by atoms with Gasteiger partial charge in [0.1, 0.15) is 0 Å². The van der Waals surface area contributed by atoms with Crippen LogP contribution in [0, 0.1) is 18.8 Å². The van der Waals surface area contributed by atoms with Crippen molar-refractivity contribution in [2.45, 2.75) is 19.9 Å². The maximum absolute atomic E-state index is 12.0. The zero-order valence-corrected chi connectivity index (χ0v) is 11.7. The molecule has 20 heavy (non-hydrogen) atoms. The van der Waals surface area contributed by atoms with E-state index < -0.39 is 0 Å². The van der Waals surface area contributed by atoms with E-state index in [0.717, 1.165) is 11.1 Å². The highest BCUT2D eigenvalue weighted by molar-refractivity contribution is 5.94. The first kappa shape index (κ1) is 13.9. The number of carbonyl (C=O) groups is 1. The van der Waals surface area contributed by atoms with Gasteiger partial charge in [-0.05, 0) is 37.6 Å². The SMILES string of the molecule is Cc1ccccc1C#C[C@@H](C)NC(=O)c1ccccc1. The highest BCUT2D eigenvalue weighted by atomic mass is 16.1. The number of carbonyl (C=O) groups excluding carboxylic acids is 1. The van der Waals surface area contributed by atoms with Crippen molar-refractivity contribution < 1.29 is 4.79 Å². The second-order valence-electron chi connectivity index (χ2n) is 4.65. The molecular weight excluding hydrogens is 246 g/mol. The van der Waals surface area contributed by atoms with E-state index in [1.165, 1.54) is 0 Å². The lowest BCUT2D eigenvalue weighted by molar-refractivity contribution is 0.0948. The van der Waals surface area contributed by atoms with Crippen LogP contribution < -0.4 is 5.32 Å². The Bertz CT molecular complexity index is 650. The zero-order valence-electron chi connectivity index (χ0n) is 11.7.